The highest BCUT2D eigenvalue weighted by molar-refractivity contribution is 9.10. The fourth-order valence-corrected chi connectivity index (χ4v) is 3.06. The first-order chi connectivity index (χ1) is 10.9. The van der Waals surface area contributed by atoms with Gasteiger partial charge in [-0.05, 0) is 71.6 Å². The monoisotopic (exact) mass is 373 g/mol. The lowest BCUT2D eigenvalue weighted by atomic mass is 10.1. The maximum Gasteiger partial charge on any atom is 0.248 e. The third kappa shape index (κ3) is 4.45. The smallest absolute Gasteiger partial charge is 0.248 e. The fraction of sp³-hybridized carbons (Fsp3) is 0.211. The molecule has 0 aliphatic heterocycles. The Morgan fingerprint density at radius 3 is 2.35 bits per heavy atom. The molecular weight excluding hydrogens is 354 g/mol. The van der Waals surface area contributed by atoms with Crippen LogP contribution in [0.15, 0.2) is 40.9 Å². The second kappa shape index (κ2) is 7.47. The van der Waals surface area contributed by atoms with Crippen LogP contribution in [-0.2, 0) is 4.79 Å². The van der Waals surface area contributed by atoms with Crippen LogP contribution in [0, 0.1) is 20.8 Å². The van der Waals surface area contributed by atoms with Crippen LogP contribution >= 0.6 is 15.9 Å². The molecule has 2 aromatic rings. The Balaban J connectivity index is 2.12. The highest BCUT2D eigenvalue weighted by Gasteiger charge is 2.06. The molecule has 3 nitrogen and oxygen atoms in total. The Morgan fingerprint density at radius 1 is 1.13 bits per heavy atom. The van der Waals surface area contributed by atoms with Crippen LogP contribution in [0.3, 0.4) is 0 Å². The van der Waals surface area contributed by atoms with E-state index in [2.05, 4.69) is 33.4 Å². The average molecular weight is 374 g/mol. The maximum absolute atomic E-state index is 12.1. The zero-order valence-electron chi connectivity index (χ0n) is 13.7. The first-order valence-electron chi connectivity index (χ1n) is 7.31. The number of ether oxygens (including phenoxy) is 1. The number of aryl methyl sites for hydroxylation is 3. The third-order valence-corrected chi connectivity index (χ3v) is 4.15. The highest BCUT2D eigenvalue weighted by atomic mass is 79.9. The second-order valence-corrected chi connectivity index (χ2v) is 6.34. The summed E-state index contributed by atoms with van der Waals surface area (Å²) in [6.07, 6.45) is 3.31. The van der Waals surface area contributed by atoms with E-state index < -0.39 is 0 Å². The topological polar surface area (TPSA) is 38.3 Å². The summed E-state index contributed by atoms with van der Waals surface area (Å²) in [6.45, 7) is 6.05. The number of carbonyl (C=O) groups is 1. The van der Waals surface area contributed by atoms with Gasteiger partial charge >= 0.3 is 0 Å². The van der Waals surface area contributed by atoms with Crippen LogP contribution in [0.2, 0.25) is 0 Å². The minimum atomic E-state index is -0.146. The Hall–Kier alpha value is -2.07. The van der Waals surface area contributed by atoms with Crippen molar-refractivity contribution in [3.8, 4) is 5.75 Å². The van der Waals surface area contributed by atoms with Gasteiger partial charge in [0.15, 0.2) is 0 Å². The highest BCUT2D eigenvalue weighted by Crippen LogP contribution is 2.26. The van der Waals surface area contributed by atoms with Crippen molar-refractivity contribution in [1.82, 2.24) is 0 Å². The molecule has 4 heteroatoms. The number of amides is 1. The number of hydrogen-bond donors (Lipinski definition) is 1. The van der Waals surface area contributed by atoms with Crippen molar-refractivity contribution in [3.05, 3.63) is 63.1 Å². The van der Waals surface area contributed by atoms with Gasteiger partial charge in [-0.2, -0.15) is 0 Å². The van der Waals surface area contributed by atoms with Crippen molar-refractivity contribution in [3.63, 3.8) is 0 Å². The van der Waals surface area contributed by atoms with Crippen molar-refractivity contribution in [1.29, 1.82) is 0 Å². The number of halogens is 1. The molecule has 1 N–H and O–H groups in total. The molecular formula is C19H20BrNO2. The minimum Gasteiger partial charge on any atom is -0.496 e. The normalized spacial score (nSPS) is 10.8. The number of nitrogens with one attached hydrogen (secondary N) is 1. The number of hydrogen-bond acceptors (Lipinski definition) is 2. The molecule has 0 atom stereocenters. The lowest BCUT2D eigenvalue weighted by Gasteiger charge is -2.11. The lowest BCUT2D eigenvalue weighted by Crippen LogP contribution is -2.10. The van der Waals surface area contributed by atoms with E-state index in [9.17, 15) is 4.79 Å². The van der Waals surface area contributed by atoms with Gasteiger partial charge in [0.05, 0.1) is 11.6 Å². The SMILES string of the molecule is COc1ccc(C=CC(=O)Nc2c(C)cc(C)cc2C)cc1Br. The molecule has 0 bridgehead atoms. The third-order valence-electron chi connectivity index (χ3n) is 3.53. The van der Waals surface area contributed by atoms with E-state index in [1.165, 1.54) is 11.6 Å². The molecule has 0 aromatic heterocycles. The van der Waals surface area contributed by atoms with Crippen molar-refractivity contribution in [2.24, 2.45) is 0 Å². The summed E-state index contributed by atoms with van der Waals surface area (Å²) in [5, 5.41) is 2.95. The number of benzene rings is 2. The number of rotatable bonds is 4. The van der Waals surface area contributed by atoms with Gasteiger partial charge in [0, 0.05) is 11.8 Å². The van der Waals surface area contributed by atoms with Crippen LogP contribution in [0.4, 0.5) is 5.69 Å². The Bertz CT molecular complexity index is 743. The number of carbonyl (C=O) groups excluding carboxylic acids is 1. The zero-order valence-corrected chi connectivity index (χ0v) is 15.3. The summed E-state index contributed by atoms with van der Waals surface area (Å²) in [7, 11) is 1.62. The summed E-state index contributed by atoms with van der Waals surface area (Å²) < 4.78 is 6.04. The summed E-state index contributed by atoms with van der Waals surface area (Å²) in [4.78, 5) is 12.1. The van der Waals surface area contributed by atoms with Gasteiger partial charge in [-0.25, -0.2) is 0 Å². The van der Waals surface area contributed by atoms with Crippen LogP contribution in [0.1, 0.15) is 22.3 Å². The van der Waals surface area contributed by atoms with E-state index in [1.54, 1.807) is 13.2 Å². The molecule has 0 saturated carbocycles. The van der Waals surface area contributed by atoms with Gasteiger partial charge in [-0.15, -0.1) is 0 Å². The van der Waals surface area contributed by atoms with Gasteiger partial charge in [0.25, 0.3) is 0 Å². The quantitative estimate of drug-likeness (QED) is 0.762. The van der Waals surface area contributed by atoms with Crippen LogP contribution < -0.4 is 10.1 Å². The van der Waals surface area contributed by atoms with E-state index >= 15 is 0 Å². The van der Waals surface area contributed by atoms with Gasteiger partial charge in [0.2, 0.25) is 5.91 Å². The molecule has 120 valence electrons. The first-order valence-corrected chi connectivity index (χ1v) is 8.10. The predicted molar refractivity (Wildman–Crippen MR) is 99.0 cm³/mol. The van der Waals surface area contributed by atoms with E-state index in [4.69, 9.17) is 4.74 Å². The summed E-state index contributed by atoms with van der Waals surface area (Å²) in [6, 6.07) is 9.79. The van der Waals surface area contributed by atoms with Gasteiger partial charge in [-0.1, -0.05) is 23.8 Å². The molecule has 1 amide bonds. The molecule has 2 rings (SSSR count). The van der Waals surface area contributed by atoms with Gasteiger partial charge in [0.1, 0.15) is 5.75 Å². The van der Waals surface area contributed by atoms with Gasteiger partial charge < -0.3 is 10.1 Å². The van der Waals surface area contributed by atoms with E-state index in [-0.39, 0.29) is 5.91 Å². The lowest BCUT2D eigenvalue weighted by molar-refractivity contribution is -0.111. The molecule has 0 aliphatic rings. The van der Waals surface area contributed by atoms with E-state index in [0.717, 1.165) is 32.6 Å². The molecule has 2 aromatic carbocycles. The molecule has 0 aliphatic carbocycles. The summed E-state index contributed by atoms with van der Waals surface area (Å²) in [5.74, 6) is 0.615. The van der Waals surface area contributed by atoms with E-state index in [0.29, 0.717) is 0 Å². The van der Waals surface area contributed by atoms with Crippen molar-refractivity contribution < 1.29 is 9.53 Å². The van der Waals surface area contributed by atoms with Crippen molar-refractivity contribution >= 4 is 33.6 Å². The molecule has 0 radical (unpaired) electrons. The molecule has 23 heavy (non-hydrogen) atoms. The first kappa shape index (κ1) is 17.3. The standard InChI is InChI=1S/C19H20BrNO2/c1-12-9-13(2)19(14(3)10-12)21-18(22)8-6-15-5-7-17(23-4)16(20)11-15/h5-11H,1-4H3,(H,21,22). The fourth-order valence-electron chi connectivity index (χ4n) is 2.50. The van der Waals surface area contributed by atoms with Crippen LogP contribution in [0.25, 0.3) is 6.08 Å². The molecule has 0 spiro atoms. The van der Waals surface area contributed by atoms with Crippen molar-refractivity contribution in [2.45, 2.75) is 20.8 Å². The zero-order chi connectivity index (χ0) is 17.0. The van der Waals surface area contributed by atoms with Crippen LogP contribution in [0.5, 0.6) is 5.75 Å². The predicted octanol–water partition coefficient (Wildman–Crippen LogP) is 5.03. The summed E-state index contributed by atoms with van der Waals surface area (Å²) in [5.41, 5.74) is 5.12. The number of methoxy groups -OCH3 is 1. The van der Waals surface area contributed by atoms with Crippen LogP contribution in [-0.4, -0.2) is 13.0 Å². The Kier molecular flexibility index (Phi) is 5.61. The molecule has 0 unspecified atom stereocenters. The Morgan fingerprint density at radius 2 is 1.78 bits per heavy atom. The minimum absolute atomic E-state index is 0.146. The molecule has 0 fully saturated rings. The molecule has 0 heterocycles. The average Bonchev–Trinajstić information content (AvgIpc) is 2.49. The summed E-state index contributed by atoms with van der Waals surface area (Å²) >= 11 is 3.43. The molecule has 0 saturated heterocycles. The Labute approximate surface area is 145 Å². The van der Waals surface area contributed by atoms with Crippen molar-refractivity contribution in [2.75, 3.05) is 12.4 Å². The van der Waals surface area contributed by atoms with Gasteiger partial charge in [-0.3, -0.25) is 4.79 Å². The largest absolute Gasteiger partial charge is 0.496 e. The number of anilines is 1. The maximum atomic E-state index is 12.1. The second-order valence-electron chi connectivity index (χ2n) is 5.49. The van der Waals surface area contributed by atoms with E-state index in [1.807, 2.05) is 39.0 Å².